The Bertz CT molecular complexity index is 375. The van der Waals surface area contributed by atoms with Gasteiger partial charge in [-0.15, -0.1) is 0 Å². The van der Waals surface area contributed by atoms with Gasteiger partial charge in [0.15, 0.2) is 0 Å². The van der Waals surface area contributed by atoms with E-state index in [2.05, 4.69) is 0 Å². The van der Waals surface area contributed by atoms with Gasteiger partial charge in [0.1, 0.15) is 6.54 Å². The van der Waals surface area contributed by atoms with Crippen molar-refractivity contribution < 1.29 is 26.7 Å². The molecule has 6 nitrogen and oxygen atoms in total. The summed E-state index contributed by atoms with van der Waals surface area (Å²) < 4.78 is 62.0. The van der Waals surface area contributed by atoms with E-state index in [-0.39, 0.29) is 19.7 Å². The first kappa shape index (κ1) is 16.6. The minimum absolute atomic E-state index is 0.0287. The first-order valence-corrected chi connectivity index (χ1v) is 7.33. The van der Waals surface area contributed by atoms with Crippen LogP contribution in [-0.2, 0) is 10.2 Å². The molecule has 1 aliphatic rings. The van der Waals surface area contributed by atoms with Gasteiger partial charge in [0.2, 0.25) is 0 Å². The van der Waals surface area contributed by atoms with E-state index in [9.17, 15) is 21.6 Å². The van der Waals surface area contributed by atoms with Crippen LogP contribution in [0, 0.1) is 0 Å². The number of hydrogen-bond acceptors (Lipinski definition) is 4. The minimum atomic E-state index is -4.57. The summed E-state index contributed by atoms with van der Waals surface area (Å²) in [5.74, 6) is 0. The maximum absolute atomic E-state index is 12.0. The van der Waals surface area contributed by atoms with E-state index in [1.165, 1.54) is 0 Å². The van der Waals surface area contributed by atoms with Gasteiger partial charge in [-0.2, -0.15) is 30.6 Å². The van der Waals surface area contributed by atoms with Crippen LogP contribution in [0.15, 0.2) is 0 Å². The zero-order chi connectivity index (χ0) is 14.5. The second kappa shape index (κ2) is 6.84. The Morgan fingerprint density at radius 3 is 2.42 bits per heavy atom. The van der Waals surface area contributed by atoms with Crippen molar-refractivity contribution in [3.8, 4) is 0 Å². The minimum Gasteiger partial charge on any atom is -0.395 e. The number of hydrogen-bond donors (Lipinski definition) is 2. The summed E-state index contributed by atoms with van der Waals surface area (Å²) in [4.78, 5) is 1.87. The lowest BCUT2D eigenvalue weighted by Crippen LogP contribution is -2.45. The topological polar surface area (TPSA) is 72.9 Å². The fourth-order valence-electron chi connectivity index (χ4n) is 1.82. The van der Waals surface area contributed by atoms with E-state index in [1.54, 1.807) is 4.72 Å². The molecule has 1 saturated heterocycles. The van der Waals surface area contributed by atoms with E-state index in [0.717, 1.165) is 4.31 Å². The quantitative estimate of drug-likeness (QED) is 0.710. The van der Waals surface area contributed by atoms with Crippen LogP contribution in [0.3, 0.4) is 0 Å². The first-order chi connectivity index (χ1) is 8.74. The van der Waals surface area contributed by atoms with E-state index in [4.69, 9.17) is 5.11 Å². The van der Waals surface area contributed by atoms with E-state index < -0.39 is 22.9 Å². The number of alkyl halides is 3. The Hall–Kier alpha value is -0.420. The highest BCUT2D eigenvalue weighted by atomic mass is 32.2. The van der Waals surface area contributed by atoms with Crippen molar-refractivity contribution in [2.75, 3.05) is 45.9 Å². The highest BCUT2D eigenvalue weighted by Gasteiger charge is 2.32. The van der Waals surface area contributed by atoms with Gasteiger partial charge in [-0.05, 0) is 13.0 Å². The average Bonchev–Trinajstić information content (AvgIpc) is 2.52. The molecule has 0 spiro atoms. The van der Waals surface area contributed by atoms with Crippen LogP contribution in [-0.4, -0.2) is 74.8 Å². The summed E-state index contributed by atoms with van der Waals surface area (Å²) >= 11 is 0. The fourth-order valence-corrected chi connectivity index (χ4v) is 3.04. The first-order valence-electron chi connectivity index (χ1n) is 5.89. The van der Waals surface area contributed by atoms with Crippen molar-refractivity contribution in [3.63, 3.8) is 0 Å². The summed E-state index contributed by atoms with van der Waals surface area (Å²) in [7, 11) is -4.10. The molecule has 0 bridgehead atoms. The number of β-amino-alcohol motifs (C(OH)–C–C–N with tert-alkyl or cyclic N) is 1. The molecule has 1 fully saturated rings. The third-order valence-corrected chi connectivity index (χ3v) is 4.31. The number of halogens is 3. The van der Waals surface area contributed by atoms with Crippen LogP contribution >= 0.6 is 0 Å². The number of aliphatic hydroxyl groups is 1. The molecule has 2 N–H and O–H groups in total. The molecule has 1 aliphatic heterocycles. The zero-order valence-corrected chi connectivity index (χ0v) is 11.2. The summed E-state index contributed by atoms with van der Waals surface area (Å²) in [6.07, 6.45) is -4.05. The van der Waals surface area contributed by atoms with Crippen LogP contribution in [0.25, 0.3) is 0 Å². The van der Waals surface area contributed by atoms with Crippen LogP contribution in [0.2, 0.25) is 0 Å². The van der Waals surface area contributed by atoms with Crippen LogP contribution in [0.1, 0.15) is 6.42 Å². The van der Waals surface area contributed by atoms with Gasteiger partial charge in [-0.25, -0.2) is 0 Å². The van der Waals surface area contributed by atoms with Crippen molar-refractivity contribution in [1.29, 1.82) is 0 Å². The predicted octanol–water partition coefficient (Wildman–Crippen LogP) is -0.617. The van der Waals surface area contributed by atoms with Crippen LogP contribution in [0.4, 0.5) is 13.2 Å². The molecule has 0 radical (unpaired) electrons. The summed E-state index contributed by atoms with van der Waals surface area (Å²) in [5, 5.41) is 8.80. The molecule has 114 valence electrons. The van der Waals surface area contributed by atoms with E-state index in [1.807, 2.05) is 4.90 Å². The molecular formula is C9H18F3N3O3S. The Labute approximate surface area is 110 Å². The van der Waals surface area contributed by atoms with Gasteiger partial charge in [-0.1, -0.05) is 0 Å². The van der Waals surface area contributed by atoms with Crippen LogP contribution < -0.4 is 4.72 Å². The van der Waals surface area contributed by atoms with Crippen molar-refractivity contribution in [2.24, 2.45) is 0 Å². The van der Waals surface area contributed by atoms with E-state index in [0.29, 0.717) is 26.1 Å². The summed E-state index contributed by atoms with van der Waals surface area (Å²) in [5.41, 5.74) is 0. The molecule has 0 saturated carbocycles. The molecular weight excluding hydrogens is 287 g/mol. The normalized spacial score (nSPS) is 20.4. The third kappa shape index (κ3) is 6.04. The highest BCUT2D eigenvalue weighted by Crippen LogP contribution is 2.14. The third-order valence-electron chi connectivity index (χ3n) is 2.76. The summed E-state index contributed by atoms with van der Waals surface area (Å²) in [6, 6.07) is 0. The lowest BCUT2D eigenvalue weighted by atomic mass is 10.4. The molecule has 1 heterocycles. The molecule has 1 rings (SSSR count). The van der Waals surface area contributed by atoms with Gasteiger partial charge in [0.05, 0.1) is 6.61 Å². The molecule has 0 aromatic heterocycles. The van der Waals surface area contributed by atoms with Gasteiger partial charge in [0, 0.05) is 26.2 Å². The Morgan fingerprint density at radius 2 is 1.84 bits per heavy atom. The number of nitrogens with one attached hydrogen (secondary N) is 1. The van der Waals surface area contributed by atoms with Crippen molar-refractivity contribution in [1.82, 2.24) is 13.9 Å². The number of nitrogens with zero attached hydrogens (tertiary/aromatic N) is 2. The molecule has 10 heteroatoms. The summed E-state index contributed by atoms with van der Waals surface area (Å²) in [6.45, 7) is 0.150. The zero-order valence-electron chi connectivity index (χ0n) is 10.4. The Kier molecular flexibility index (Phi) is 5.99. The average molecular weight is 305 g/mol. The van der Waals surface area contributed by atoms with Crippen molar-refractivity contribution in [3.05, 3.63) is 0 Å². The van der Waals surface area contributed by atoms with Crippen molar-refractivity contribution in [2.45, 2.75) is 12.6 Å². The molecule has 0 aromatic carbocycles. The lowest BCUT2D eigenvalue weighted by Gasteiger charge is -2.21. The maximum Gasteiger partial charge on any atom is 0.402 e. The molecule has 0 unspecified atom stereocenters. The predicted molar refractivity (Wildman–Crippen MR) is 62.7 cm³/mol. The highest BCUT2D eigenvalue weighted by molar-refractivity contribution is 7.87. The maximum atomic E-state index is 12.0. The van der Waals surface area contributed by atoms with Gasteiger partial charge < -0.3 is 5.11 Å². The Balaban J connectivity index is 2.54. The van der Waals surface area contributed by atoms with Crippen molar-refractivity contribution >= 4 is 10.2 Å². The molecule has 19 heavy (non-hydrogen) atoms. The molecule has 0 aromatic rings. The SMILES string of the molecule is O=S(=O)(NCC(F)(F)F)N1CCCN(CCO)CC1. The molecule has 0 amide bonds. The van der Waals surface area contributed by atoms with Crippen LogP contribution in [0.5, 0.6) is 0 Å². The standard InChI is InChI=1S/C9H18F3N3O3S/c10-9(11,12)8-13-19(17,18)15-3-1-2-14(4-5-15)6-7-16/h13,16H,1-8H2. The fraction of sp³-hybridized carbons (Fsp3) is 1.00. The second-order valence-electron chi connectivity index (χ2n) is 4.26. The van der Waals surface area contributed by atoms with Gasteiger partial charge >= 0.3 is 6.18 Å². The number of aliphatic hydroxyl groups excluding tert-OH is 1. The smallest absolute Gasteiger partial charge is 0.395 e. The molecule has 0 aliphatic carbocycles. The van der Waals surface area contributed by atoms with Gasteiger partial charge in [-0.3, -0.25) is 4.90 Å². The second-order valence-corrected chi connectivity index (χ2v) is 6.01. The molecule has 0 atom stereocenters. The Morgan fingerprint density at radius 1 is 1.16 bits per heavy atom. The largest absolute Gasteiger partial charge is 0.402 e. The monoisotopic (exact) mass is 305 g/mol. The lowest BCUT2D eigenvalue weighted by molar-refractivity contribution is -0.121. The van der Waals surface area contributed by atoms with Gasteiger partial charge in [0.25, 0.3) is 10.2 Å². The van der Waals surface area contributed by atoms with E-state index >= 15 is 0 Å². The number of rotatable bonds is 5.